The van der Waals surface area contributed by atoms with E-state index in [9.17, 15) is 9.59 Å². The number of rotatable bonds is 5. The second-order valence-corrected chi connectivity index (χ2v) is 5.99. The third-order valence-electron chi connectivity index (χ3n) is 4.16. The first kappa shape index (κ1) is 16.2. The van der Waals surface area contributed by atoms with Crippen LogP contribution < -0.4 is 10.6 Å². The lowest BCUT2D eigenvalue weighted by atomic mass is 10.1. The number of benzene rings is 2. The molecule has 0 saturated carbocycles. The molecule has 2 aromatic carbocycles. The van der Waals surface area contributed by atoms with Gasteiger partial charge in [0, 0.05) is 12.2 Å². The Morgan fingerprint density at radius 1 is 1.08 bits per heavy atom. The number of nitrogens with two attached hydrogens (primary N) is 1. The van der Waals surface area contributed by atoms with E-state index >= 15 is 0 Å². The van der Waals surface area contributed by atoms with Crippen LogP contribution in [0.4, 0.5) is 5.69 Å². The van der Waals surface area contributed by atoms with Crippen molar-refractivity contribution in [3.05, 3.63) is 66.2 Å². The summed E-state index contributed by atoms with van der Waals surface area (Å²) in [5.41, 5.74) is 1.87. The number of anilines is 1. The summed E-state index contributed by atoms with van der Waals surface area (Å²) in [7, 11) is 0. The molecule has 1 atom stereocenters. The van der Waals surface area contributed by atoms with Crippen LogP contribution in [0.2, 0.25) is 0 Å². The van der Waals surface area contributed by atoms with Gasteiger partial charge in [-0.1, -0.05) is 48.5 Å². The molecule has 3 rings (SSSR count). The molecule has 124 valence electrons. The van der Waals surface area contributed by atoms with E-state index in [4.69, 9.17) is 0 Å². The normalized spacial score (nSPS) is 17.6. The molecule has 0 bridgehead atoms. The number of para-hydroxylation sites is 1. The van der Waals surface area contributed by atoms with Gasteiger partial charge in [-0.3, -0.25) is 9.59 Å². The maximum absolute atomic E-state index is 12.6. The molecular weight excluding hydrogens is 302 g/mol. The van der Waals surface area contributed by atoms with E-state index in [1.807, 2.05) is 70.9 Å². The average Bonchev–Trinajstić information content (AvgIpc) is 2.60. The largest absolute Gasteiger partial charge is 0.334 e. The second kappa shape index (κ2) is 7.75. The molecule has 0 spiro atoms. The van der Waals surface area contributed by atoms with Gasteiger partial charge in [0.05, 0.1) is 19.5 Å². The number of nitrogens with zero attached hydrogens (tertiary/aromatic N) is 1. The van der Waals surface area contributed by atoms with E-state index in [1.165, 1.54) is 0 Å². The van der Waals surface area contributed by atoms with Crippen LogP contribution in [0.1, 0.15) is 12.0 Å². The molecule has 2 aromatic rings. The maximum Gasteiger partial charge on any atom is 0.281 e. The number of nitrogens with one attached hydrogen (secondary N) is 1. The Kier molecular flexibility index (Phi) is 5.23. The molecular formula is C19H22N3O2+. The lowest BCUT2D eigenvalue weighted by molar-refractivity contribution is -0.682. The third-order valence-corrected chi connectivity index (χ3v) is 4.16. The van der Waals surface area contributed by atoms with Crippen LogP contribution in [0.3, 0.4) is 0 Å². The summed E-state index contributed by atoms with van der Waals surface area (Å²) < 4.78 is 0. The number of carbonyl (C=O) groups excluding carboxylic acids is 2. The van der Waals surface area contributed by atoms with Crippen molar-refractivity contribution in [1.29, 1.82) is 0 Å². The van der Waals surface area contributed by atoms with Crippen molar-refractivity contribution in [3.8, 4) is 0 Å². The van der Waals surface area contributed by atoms with Crippen molar-refractivity contribution in [2.24, 2.45) is 0 Å². The topological polar surface area (TPSA) is 66.0 Å². The molecule has 1 heterocycles. The van der Waals surface area contributed by atoms with Crippen LogP contribution in [0.5, 0.6) is 0 Å². The predicted molar refractivity (Wildman–Crippen MR) is 92.1 cm³/mol. The van der Waals surface area contributed by atoms with Crippen molar-refractivity contribution in [1.82, 2.24) is 4.90 Å². The van der Waals surface area contributed by atoms with E-state index in [-0.39, 0.29) is 24.3 Å². The molecule has 1 aliphatic heterocycles. The quantitative estimate of drug-likeness (QED) is 0.861. The highest BCUT2D eigenvalue weighted by atomic mass is 16.2. The molecule has 2 amide bonds. The first-order valence-electron chi connectivity index (χ1n) is 8.23. The highest BCUT2D eigenvalue weighted by Gasteiger charge is 2.33. The molecule has 0 radical (unpaired) electrons. The van der Waals surface area contributed by atoms with Gasteiger partial charge < -0.3 is 15.5 Å². The van der Waals surface area contributed by atoms with Gasteiger partial charge in [0.25, 0.3) is 5.91 Å². The molecule has 0 aliphatic carbocycles. The number of hydrogen-bond acceptors (Lipinski definition) is 2. The Bertz CT molecular complexity index is 688. The second-order valence-electron chi connectivity index (χ2n) is 5.99. The first-order valence-corrected chi connectivity index (χ1v) is 8.23. The van der Waals surface area contributed by atoms with E-state index in [2.05, 4.69) is 5.32 Å². The van der Waals surface area contributed by atoms with Crippen LogP contribution in [0.25, 0.3) is 0 Å². The molecule has 0 unspecified atom stereocenters. The molecule has 5 nitrogen and oxygen atoms in total. The fourth-order valence-electron chi connectivity index (χ4n) is 2.94. The van der Waals surface area contributed by atoms with E-state index in [0.717, 1.165) is 17.8 Å². The Labute approximate surface area is 141 Å². The Morgan fingerprint density at radius 3 is 2.46 bits per heavy atom. The van der Waals surface area contributed by atoms with Crippen LogP contribution in [-0.4, -0.2) is 35.8 Å². The summed E-state index contributed by atoms with van der Waals surface area (Å²) in [6.07, 6.45) is 0.193. The van der Waals surface area contributed by atoms with Crippen molar-refractivity contribution in [2.45, 2.75) is 19.0 Å². The van der Waals surface area contributed by atoms with Gasteiger partial charge in [-0.05, 0) is 17.7 Å². The maximum atomic E-state index is 12.6. The summed E-state index contributed by atoms with van der Waals surface area (Å²) in [5.74, 6) is -0.0920. The molecule has 1 saturated heterocycles. The van der Waals surface area contributed by atoms with E-state index in [0.29, 0.717) is 13.1 Å². The zero-order chi connectivity index (χ0) is 16.8. The summed E-state index contributed by atoms with van der Waals surface area (Å²) in [6.45, 7) is 2.14. The summed E-state index contributed by atoms with van der Waals surface area (Å²) >= 11 is 0. The van der Waals surface area contributed by atoms with Crippen molar-refractivity contribution in [3.63, 3.8) is 0 Å². The molecule has 3 N–H and O–H groups in total. The minimum Gasteiger partial charge on any atom is -0.334 e. The first-order chi connectivity index (χ1) is 11.7. The fraction of sp³-hybridized carbons (Fsp3) is 0.263. The van der Waals surface area contributed by atoms with Crippen LogP contribution in [0, 0.1) is 0 Å². The molecule has 24 heavy (non-hydrogen) atoms. The predicted octanol–water partition coefficient (Wildman–Crippen LogP) is 0.990. The van der Waals surface area contributed by atoms with Gasteiger partial charge in [0.2, 0.25) is 5.91 Å². The smallest absolute Gasteiger partial charge is 0.281 e. The van der Waals surface area contributed by atoms with Gasteiger partial charge in [-0.25, -0.2) is 0 Å². The lowest BCUT2D eigenvalue weighted by Crippen LogP contribution is -2.96. The van der Waals surface area contributed by atoms with Gasteiger partial charge in [-0.15, -0.1) is 0 Å². The van der Waals surface area contributed by atoms with Gasteiger partial charge in [0.15, 0.2) is 6.04 Å². The van der Waals surface area contributed by atoms with Gasteiger partial charge in [-0.2, -0.15) is 0 Å². The monoisotopic (exact) mass is 324 g/mol. The van der Waals surface area contributed by atoms with Crippen molar-refractivity contribution >= 4 is 17.5 Å². The SMILES string of the molecule is O=C(C[C@H]1[NH2+]CCN(Cc2ccccc2)C1=O)Nc1ccccc1. The summed E-state index contributed by atoms with van der Waals surface area (Å²) in [5, 5.41) is 4.81. The number of hydrogen-bond donors (Lipinski definition) is 2. The molecule has 1 fully saturated rings. The number of amides is 2. The van der Waals surface area contributed by atoms with Crippen molar-refractivity contribution < 1.29 is 14.9 Å². The molecule has 1 aliphatic rings. The van der Waals surface area contributed by atoms with Gasteiger partial charge >= 0.3 is 0 Å². The highest BCUT2D eigenvalue weighted by molar-refractivity contribution is 5.94. The van der Waals surface area contributed by atoms with Crippen LogP contribution >= 0.6 is 0 Å². The third kappa shape index (κ3) is 4.20. The van der Waals surface area contributed by atoms with E-state index in [1.54, 1.807) is 0 Å². The molecule has 0 aromatic heterocycles. The van der Waals surface area contributed by atoms with Crippen molar-refractivity contribution in [2.75, 3.05) is 18.4 Å². The highest BCUT2D eigenvalue weighted by Crippen LogP contribution is 2.10. The standard InChI is InChI=1S/C19H21N3O2/c23-18(21-16-9-5-2-6-10-16)13-17-19(24)22(12-11-20-17)14-15-7-3-1-4-8-15/h1-10,17,20H,11-14H2,(H,21,23)/p+1/t17-/m1/s1. The minimum atomic E-state index is -0.342. The van der Waals surface area contributed by atoms with Crippen LogP contribution in [0.15, 0.2) is 60.7 Å². The van der Waals surface area contributed by atoms with Gasteiger partial charge in [0.1, 0.15) is 0 Å². The zero-order valence-corrected chi connectivity index (χ0v) is 13.5. The fourth-order valence-corrected chi connectivity index (χ4v) is 2.94. The van der Waals surface area contributed by atoms with Crippen LogP contribution in [-0.2, 0) is 16.1 Å². The average molecular weight is 324 g/mol. The Morgan fingerprint density at radius 2 is 1.75 bits per heavy atom. The molecule has 5 heteroatoms. The van der Waals surface area contributed by atoms with E-state index < -0.39 is 0 Å². The summed E-state index contributed by atoms with van der Waals surface area (Å²) in [4.78, 5) is 26.7. The Hall–Kier alpha value is -2.66. The number of quaternary nitrogens is 1. The Balaban J connectivity index is 1.57. The lowest BCUT2D eigenvalue weighted by Gasteiger charge is -2.30. The summed E-state index contributed by atoms with van der Waals surface area (Å²) in [6, 6.07) is 18.9. The number of piperazine rings is 1. The minimum absolute atomic E-state index is 0.0355. The zero-order valence-electron chi connectivity index (χ0n) is 13.5. The number of carbonyl (C=O) groups is 2.